The quantitative estimate of drug-likeness (QED) is 0.611. The molecule has 0 bridgehead atoms. The second kappa shape index (κ2) is 3.72. The Morgan fingerprint density at radius 3 is 2.60 bits per heavy atom. The normalized spacial score (nSPS) is 20.0. The summed E-state index contributed by atoms with van der Waals surface area (Å²) in [6, 6.07) is 3.96. The van der Waals surface area contributed by atoms with Crippen LogP contribution >= 0.6 is 23.2 Å². The topological polar surface area (TPSA) is 55.4 Å². The molecule has 0 aliphatic carbocycles. The molecule has 0 radical (unpaired) electrons. The van der Waals surface area contributed by atoms with Crippen molar-refractivity contribution in [3.05, 3.63) is 33.8 Å². The molecule has 1 aliphatic rings. The number of benzene rings is 1. The molecule has 1 aliphatic heterocycles. The van der Waals surface area contributed by atoms with Gasteiger partial charge in [-0.3, -0.25) is 0 Å². The number of alkyl carbamates (subject to hydrolysis) is 1. The van der Waals surface area contributed by atoms with E-state index < -0.39 is 18.1 Å². The zero-order valence-corrected chi connectivity index (χ0v) is 8.80. The molecule has 1 aromatic carbocycles. The Balaban J connectivity index is 2.42. The summed E-state index contributed by atoms with van der Waals surface area (Å²) in [6.07, 6.45) is -0.777. The Morgan fingerprint density at radius 1 is 1.27 bits per heavy atom. The summed E-state index contributed by atoms with van der Waals surface area (Å²) in [5.74, 6) is -0.677. The monoisotopic (exact) mass is 245 g/mol. The van der Waals surface area contributed by atoms with Crippen molar-refractivity contribution < 1.29 is 14.3 Å². The van der Waals surface area contributed by atoms with Crippen molar-refractivity contribution in [2.24, 2.45) is 0 Å². The zero-order chi connectivity index (χ0) is 11.0. The van der Waals surface area contributed by atoms with Crippen molar-refractivity contribution >= 4 is 35.3 Å². The van der Waals surface area contributed by atoms with Crippen LogP contribution in [0.3, 0.4) is 0 Å². The van der Waals surface area contributed by atoms with Gasteiger partial charge in [0.25, 0.3) is 0 Å². The minimum absolute atomic E-state index is 0.239. The molecule has 1 fully saturated rings. The molecule has 1 unspecified atom stereocenters. The average Bonchev–Trinajstić information content (AvgIpc) is 2.50. The van der Waals surface area contributed by atoms with Gasteiger partial charge in [0.15, 0.2) is 6.04 Å². The molecule has 0 aromatic heterocycles. The summed E-state index contributed by atoms with van der Waals surface area (Å²) in [7, 11) is 0. The van der Waals surface area contributed by atoms with Gasteiger partial charge in [0.2, 0.25) is 0 Å². The first-order valence-electron chi connectivity index (χ1n) is 4.05. The molecular weight excluding hydrogens is 241 g/mol. The van der Waals surface area contributed by atoms with Crippen LogP contribution in [0.4, 0.5) is 4.79 Å². The third-order valence-corrected chi connectivity index (χ3v) is 2.82. The van der Waals surface area contributed by atoms with Crippen LogP contribution in [0.5, 0.6) is 0 Å². The maximum absolute atomic E-state index is 11.2. The van der Waals surface area contributed by atoms with Gasteiger partial charge in [-0.05, 0) is 6.07 Å². The van der Waals surface area contributed by atoms with E-state index in [4.69, 9.17) is 23.2 Å². The van der Waals surface area contributed by atoms with Crippen LogP contribution in [0.15, 0.2) is 18.2 Å². The summed E-state index contributed by atoms with van der Waals surface area (Å²) in [6.45, 7) is 0. The van der Waals surface area contributed by atoms with Gasteiger partial charge >= 0.3 is 12.1 Å². The molecule has 1 N–H and O–H groups in total. The molecule has 4 nitrogen and oxygen atoms in total. The van der Waals surface area contributed by atoms with Gasteiger partial charge in [0.1, 0.15) is 0 Å². The molecule has 1 amide bonds. The molecule has 1 heterocycles. The van der Waals surface area contributed by atoms with E-state index in [0.717, 1.165) is 0 Å². The van der Waals surface area contributed by atoms with E-state index in [1.165, 1.54) is 0 Å². The highest BCUT2D eigenvalue weighted by Gasteiger charge is 2.35. The fourth-order valence-electron chi connectivity index (χ4n) is 1.30. The fourth-order valence-corrected chi connectivity index (χ4v) is 1.72. The van der Waals surface area contributed by atoms with Gasteiger partial charge in [0.05, 0.1) is 10.0 Å². The Morgan fingerprint density at radius 2 is 2.00 bits per heavy atom. The highest BCUT2D eigenvalue weighted by atomic mass is 35.5. The van der Waals surface area contributed by atoms with Crippen molar-refractivity contribution in [3.8, 4) is 0 Å². The van der Waals surface area contributed by atoms with Gasteiger partial charge in [-0.1, -0.05) is 35.3 Å². The zero-order valence-electron chi connectivity index (χ0n) is 7.29. The number of rotatable bonds is 1. The molecule has 78 valence electrons. The Kier molecular flexibility index (Phi) is 2.54. The summed E-state index contributed by atoms with van der Waals surface area (Å²) < 4.78 is 4.33. The number of carbonyl (C=O) groups excluding carboxylic acids is 2. The van der Waals surface area contributed by atoms with Crippen LogP contribution < -0.4 is 5.32 Å². The summed E-state index contributed by atoms with van der Waals surface area (Å²) >= 11 is 11.7. The minimum Gasteiger partial charge on any atom is -0.374 e. The van der Waals surface area contributed by atoms with E-state index in [2.05, 4.69) is 10.1 Å². The minimum atomic E-state index is -0.872. The van der Waals surface area contributed by atoms with Crippen LogP contribution in [0.25, 0.3) is 0 Å². The average molecular weight is 246 g/mol. The first-order chi connectivity index (χ1) is 7.09. The largest absolute Gasteiger partial charge is 0.415 e. The molecule has 15 heavy (non-hydrogen) atoms. The van der Waals surface area contributed by atoms with Gasteiger partial charge in [-0.2, -0.15) is 0 Å². The summed E-state index contributed by atoms with van der Waals surface area (Å²) in [4.78, 5) is 22.0. The number of hydrogen-bond donors (Lipinski definition) is 1. The third-order valence-electron chi connectivity index (χ3n) is 1.98. The number of hydrogen-bond acceptors (Lipinski definition) is 3. The Bertz CT molecular complexity index is 447. The van der Waals surface area contributed by atoms with Crippen molar-refractivity contribution in [3.63, 3.8) is 0 Å². The Labute approximate surface area is 95.1 Å². The molecule has 1 atom stereocenters. The second-order valence-corrected chi connectivity index (χ2v) is 3.71. The van der Waals surface area contributed by atoms with Crippen molar-refractivity contribution in [1.29, 1.82) is 0 Å². The maximum Gasteiger partial charge on any atom is 0.415 e. The van der Waals surface area contributed by atoms with Crippen molar-refractivity contribution in [2.45, 2.75) is 6.04 Å². The number of amides is 1. The van der Waals surface area contributed by atoms with Gasteiger partial charge < -0.3 is 10.1 Å². The van der Waals surface area contributed by atoms with E-state index in [1.807, 2.05) is 0 Å². The number of esters is 1. The Hall–Kier alpha value is -1.26. The lowest BCUT2D eigenvalue weighted by Crippen LogP contribution is -2.20. The number of halogens is 2. The molecule has 1 saturated heterocycles. The number of nitrogens with one attached hydrogen (secondary N) is 1. The SMILES string of the molecule is O=C1NC(c2cccc(Cl)c2Cl)C(=O)O1. The maximum atomic E-state index is 11.2. The predicted molar refractivity (Wildman–Crippen MR) is 53.8 cm³/mol. The van der Waals surface area contributed by atoms with Gasteiger partial charge in [-0.15, -0.1) is 0 Å². The standard InChI is InChI=1S/C9H5Cl2NO3/c10-5-3-1-2-4(6(5)11)7-8(13)15-9(14)12-7/h1-3,7H,(H,12,14). The number of carbonyl (C=O) groups is 2. The van der Waals surface area contributed by atoms with E-state index >= 15 is 0 Å². The van der Waals surface area contributed by atoms with Crippen LogP contribution in [-0.2, 0) is 9.53 Å². The fraction of sp³-hybridized carbons (Fsp3) is 0.111. The number of cyclic esters (lactones) is 2. The first-order valence-corrected chi connectivity index (χ1v) is 4.81. The van der Waals surface area contributed by atoms with Gasteiger partial charge in [-0.25, -0.2) is 9.59 Å². The van der Waals surface area contributed by atoms with Gasteiger partial charge in [0, 0.05) is 5.56 Å². The molecule has 6 heteroatoms. The van der Waals surface area contributed by atoms with Crippen LogP contribution in [-0.4, -0.2) is 12.1 Å². The van der Waals surface area contributed by atoms with E-state index in [-0.39, 0.29) is 5.02 Å². The second-order valence-electron chi connectivity index (χ2n) is 2.93. The third kappa shape index (κ3) is 1.78. The molecule has 0 spiro atoms. The van der Waals surface area contributed by atoms with Crippen molar-refractivity contribution in [2.75, 3.05) is 0 Å². The molecule has 1 aromatic rings. The number of ether oxygens (including phenoxy) is 1. The lowest BCUT2D eigenvalue weighted by Gasteiger charge is -2.08. The summed E-state index contributed by atoms with van der Waals surface area (Å²) in [5, 5.41) is 2.90. The van der Waals surface area contributed by atoms with E-state index in [1.54, 1.807) is 18.2 Å². The highest BCUT2D eigenvalue weighted by Crippen LogP contribution is 2.31. The van der Waals surface area contributed by atoms with Crippen molar-refractivity contribution in [1.82, 2.24) is 5.32 Å². The molecular formula is C9H5Cl2NO3. The van der Waals surface area contributed by atoms with Crippen LogP contribution in [0.1, 0.15) is 11.6 Å². The molecule has 0 saturated carbocycles. The molecule has 2 rings (SSSR count). The van der Waals surface area contributed by atoms with E-state index in [0.29, 0.717) is 10.6 Å². The van der Waals surface area contributed by atoms with E-state index in [9.17, 15) is 9.59 Å². The smallest absolute Gasteiger partial charge is 0.374 e. The van der Waals surface area contributed by atoms with Crippen LogP contribution in [0, 0.1) is 0 Å². The van der Waals surface area contributed by atoms with Crippen LogP contribution in [0.2, 0.25) is 10.0 Å². The lowest BCUT2D eigenvalue weighted by molar-refractivity contribution is -0.135. The first kappa shape index (κ1) is 10.3. The summed E-state index contributed by atoms with van der Waals surface area (Å²) in [5.41, 5.74) is 0.431. The highest BCUT2D eigenvalue weighted by molar-refractivity contribution is 6.42. The lowest BCUT2D eigenvalue weighted by atomic mass is 10.1. The predicted octanol–water partition coefficient (Wildman–Crippen LogP) is 2.30.